The molecule has 2 spiro atoms. The van der Waals surface area contributed by atoms with Gasteiger partial charge in [0, 0.05) is 36.9 Å². The van der Waals surface area contributed by atoms with Crippen LogP contribution in [0, 0.1) is 0 Å². The van der Waals surface area contributed by atoms with Crippen molar-refractivity contribution in [3.05, 3.63) is 257 Å². The van der Waals surface area contributed by atoms with E-state index in [4.69, 9.17) is 15.0 Å². The van der Waals surface area contributed by atoms with E-state index in [0.717, 1.165) is 16.7 Å². The standard InChI is InChI=1S/C59H35N3S/c1-2-17-36(18-3-1)55-60-56(37-33-34-53-44(35-37)42-23-8-15-32-52(42)63-53)62-57(61-55)43-24-16-31-51-54(43)59(47-27-11-6-21-40(47)41-22-7-12-28-48(41)59)50-30-14-13-29-49(50)58(51)45-25-9-4-19-38(45)39-20-5-10-26-46(39)58/h1-35H. The number of fused-ring (bicyclic) bond motifs is 19. The Morgan fingerprint density at radius 3 is 1.37 bits per heavy atom. The average molecular weight is 818 g/mol. The molecule has 14 rings (SSSR count). The van der Waals surface area contributed by atoms with Gasteiger partial charge in [-0.3, -0.25) is 0 Å². The monoisotopic (exact) mass is 817 g/mol. The molecule has 3 aliphatic rings. The van der Waals surface area contributed by atoms with Crippen LogP contribution in [0.5, 0.6) is 0 Å². The fourth-order valence-corrected chi connectivity index (χ4v) is 12.8. The van der Waals surface area contributed by atoms with Crippen molar-refractivity contribution in [1.29, 1.82) is 0 Å². The minimum Gasteiger partial charge on any atom is -0.208 e. The molecular weight excluding hydrogens is 783 g/mol. The second-order valence-electron chi connectivity index (χ2n) is 16.9. The van der Waals surface area contributed by atoms with Crippen molar-refractivity contribution in [2.45, 2.75) is 10.8 Å². The first-order valence-corrected chi connectivity index (χ1v) is 22.4. The second kappa shape index (κ2) is 12.9. The summed E-state index contributed by atoms with van der Waals surface area (Å²) >= 11 is 1.82. The van der Waals surface area contributed by atoms with Crippen LogP contribution in [0.3, 0.4) is 0 Å². The summed E-state index contributed by atoms with van der Waals surface area (Å²) in [6.45, 7) is 0. The molecule has 4 heteroatoms. The first-order valence-electron chi connectivity index (χ1n) is 21.6. The molecule has 0 radical (unpaired) electrons. The molecule has 0 saturated heterocycles. The fourth-order valence-electron chi connectivity index (χ4n) is 11.7. The summed E-state index contributed by atoms with van der Waals surface area (Å²) in [5.74, 6) is 1.95. The molecule has 0 bridgehead atoms. The first kappa shape index (κ1) is 34.9. The molecule has 0 fully saturated rings. The summed E-state index contributed by atoms with van der Waals surface area (Å²) in [7, 11) is 0. The summed E-state index contributed by atoms with van der Waals surface area (Å²) in [5.41, 5.74) is 16.8. The van der Waals surface area contributed by atoms with E-state index >= 15 is 0 Å². The van der Waals surface area contributed by atoms with Crippen molar-refractivity contribution in [1.82, 2.24) is 15.0 Å². The van der Waals surface area contributed by atoms with E-state index in [9.17, 15) is 0 Å². The predicted molar refractivity (Wildman–Crippen MR) is 257 cm³/mol. The molecule has 2 heterocycles. The van der Waals surface area contributed by atoms with E-state index in [2.05, 4.69) is 206 Å². The highest BCUT2D eigenvalue weighted by molar-refractivity contribution is 7.25. The number of hydrogen-bond donors (Lipinski definition) is 0. The van der Waals surface area contributed by atoms with Gasteiger partial charge in [0.2, 0.25) is 0 Å². The summed E-state index contributed by atoms with van der Waals surface area (Å²) in [6, 6.07) is 78.0. The highest BCUT2D eigenvalue weighted by atomic mass is 32.1. The van der Waals surface area contributed by atoms with Crippen LogP contribution < -0.4 is 0 Å². The minimum atomic E-state index is -0.693. The van der Waals surface area contributed by atoms with Crippen LogP contribution in [-0.2, 0) is 10.8 Å². The molecule has 3 nitrogen and oxygen atoms in total. The van der Waals surface area contributed by atoms with E-state index in [1.807, 2.05) is 17.4 Å². The van der Waals surface area contributed by atoms with E-state index < -0.39 is 10.8 Å². The predicted octanol–water partition coefficient (Wildman–Crippen LogP) is 14.3. The third kappa shape index (κ3) is 4.50. The van der Waals surface area contributed by atoms with Gasteiger partial charge in [-0.1, -0.05) is 188 Å². The molecule has 9 aromatic carbocycles. The van der Waals surface area contributed by atoms with Crippen LogP contribution in [0.15, 0.2) is 212 Å². The van der Waals surface area contributed by atoms with Crippen LogP contribution in [-0.4, -0.2) is 15.0 Å². The van der Waals surface area contributed by atoms with Gasteiger partial charge in [0.15, 0.2) is 17.5 Å². The Morgan fingerprint density at radius 1 is 0.286 bits per heavy atom. The van der Waals surface area contributed by atoms with Crippen molar-refractivity contribution in [2.75, 3.05) is 0 Å². The summed E-state index contributed by atoms with van der Waals surface area (Å²) in [4.78, 5) is 16.4. The first-order chi connectivity index (χ1) is 31.2. The summed E-state index contributed by atoms with van der Waals surface area (Å²) < 4.78 is 2.52. The molecule has 3 aliphatic carbocycles. The van der Waals surface area contributed by atoms with E-state index in [1.54, 1.807) is 0 Å². The fraction of sp³-hybridized carbons (Fsp3) is 0.0339. The average Bonchev–Trinajstić information content (AvgIpc) is 3.98. The topological polar surface area (TPSA) is 38.7 Å². The van der Waals surface area contributed by atoms with Gasteiger partial charge in [0.25, 0.3) is 0 Å². The molecule has 63 heavy (non-hydrogen) atoms. The molecule has 0 unspecified atom stereocenters. The Morgan fingerprint density at radius 2 is 0.730 bits per heavy atom. The van der Waals surface area contributed by atoms with Crippen LogP contribution >= 0.6 is 11.3 Å². The number of rotatable bonds is 3. The zero-order valence-corrected chi connectivity index (χ0v) is 34.8. The van der Waals surface area contributed by atoms with Crippen LogP contribution in [0.4, 0.5) is 0 Å². The Balaban J connectivity index is 1.15. The van der Waals surface area contributed by atoms with Gasteiger partial charge < -0.3 is 0 Å². The molecule has 0 atom stereocenters. The third-order valence-electron chi connectivity index (χ3n) is 14.0. The van der Waals surface area contributed by atoms with Gasteiger partial charge in [-0.05, 0) is 91.0 Å². The minimum absolute atomic E-state index is 0.615. The Labute approximate surface area is 368 Å². The van der Waals surface area contributed by atoms with Gasteiger partial charge in [-0.25, -0.2) is 15.0 Å². The number of thiophene rings is 1. The van der Waals surface area contributed by atoms with E-state index in [0.29, 0.717) is 17.5 Å². The lowest BCUT2D eigenvalue weighted by atomic mass is 9.51. The Hall–Kier alpha value is -7.79. The summed E-state index contributed by atoms with van der Waals surface area (Å²) in [5, 5.41) is 2.46. The Kier molecular flexibility index (Phi) is 7.12. The van der Waals surface area contributed by atoms with E-state index in [1.165, 1.54) is 86.9 Å². The van der Waals surface area contributed by atoms with Crippen molar-refractivity contribution in [3.8, 4) is 56.4 Å². The maximum Gasteiger partial charge on any atom is 0.164 e. The van der Waals surface area contributed by atoms with Crippen molar-refractivity contribution in [3.63, 3.8) is 0 Å². The van der Waals surface area contributed by atoms with Gasteiger partial charge in [0.05, 0.1) is 10.8 Å². The molecular formula is C59H35N3S. The normalized spacial score (nSPS) is 14.3. The van der Waals surface area contributed by atoms with Gasteiger partial charge >= 0.3 is 0 Å². The molecule has 11 aromatic rings. The van der Waals surface area contributed by atoms with Gasteiger partial charge in [-0.2, -0.15) is 0 Å². The summed E-state index contributed by atoms with van der Waals surface area (Å²) in [6.07, 6.45) is 0. The number of nitrogens with zero attached hydrogens (tertiary/aromatic N) is 3. The van der Waals surface area contributed by atoms with E-state index in [-0.39, 0.29) is 0 Å². The van der Waals surface area contributed by atoms with Crippen molar-refractivity contribution < 1.29 is 0 Å². The molecule has 292 valence electrons. The zero-order valence-electron chi connectivity index (χ0n) is 34.0. The highest BCUT2D eigenvalue weighted by Crippen LogP contribution is 2.68. The second-order valence-corrected chi connectivity index (χ2v) is 18.0. The van der Waals surface area contributed by atoms with Crippen LogP contribution in [0.2, 0.25) is 0 Å². The highest BCUT2D eigenvalue weighted by Gasteiger charge is 2.59. The maximum atomic E-state index is 5.59. The molecule has 0 aliphatic heterocycles. The number of hydrogen-bond acceptors (Lipinski definition) is 4. The lowest BCUT2D eigenvalue weighted by Gasteiger charge is -2.49. The smallest absolute Gasteiger partial charge is 0.164 e. The zero-order chi connectivity index (χ0) is 41.3. The molecule has 2 aromatic heterocycles. The SMILES string of the molecule is c1ccc(-c2nc(-c3ccc4sc5ccccc5c4c3)nc(-c3cccc4c3C3(c5ccccc5-c5ccccc53)c3ccccc3C43c4ccccc4-c4ccccc43)n2)cc1. The lowest BCUT2D eigenvalue weighted by Crippen LogP contribution is -2.44. The number of aromatic nitrogens is 3. The lowest BCUT2D eigenvalue weighted by molar-refractivity contribution is 0.633. The van der Waals surface area contributed by atoms with Crippen LogP contribution in [0.25, 0.3) is 76.6 Å². The van der Waals surface area contributed by atoms with Crippen molar-refractivity contribution in [2.24, 2.45) is 0 Å². The van der Waals surface area contributed by atoms with Gasteiger partial charge in [-0.15, -0.1) is 11.3 Å². The van der Waals surface area contributed by atoms with Gasteiger partial charge in [0.1, 0.15) is 0 Å². The molecule has 0 amide bonds. The quantitative estimate of drug-likeness (QED) is 0.178. The third-order valence-corrected chi connectivity index (χ3v) is 15.2. The van der Waals surface area contributed by atoms with Crippen molar-refractivity contribution >= 4 is 31.5 Å². The molecule has 0 N–H and O–H groups in total. The maximum absolute atomic E-state index is 5.59. The van der Waals surface area contributed by atoms with Crippen LogP contribution in [0.1, 0.15) is 44.5 Å². The number of benzene rings is 9. The molecule has 0 saturated carbocycles. The Bertz CT molecular complexity index is 3620. The largest absolute Gasteiger partial charge is 0.208 e.